The molecule has 0 spiro atoms. The molecule has 0 radical (unpaired) electrons. The Morgan fingerprint density at radius 1 is 1.42 bits per heavy atom. The Morgan fingerprint density at radius 3 is 2.68 bits per heavy atom. The highest BCUT2D eigenvalue weighted by molar-refractivity contribution is 8.15. The lowest BCUT2D eigenvalue weighted by Gasteiger charge is -2.08. The monoisotopic (exact) mass is 299 g/mol. The highest BCUT2D eigenvalue weighted by atomic mass is 32.2. The Kier molecular flexibility index (Phi) is 4.49. The van der Waals surface area contributed by atoms with Crippen LogP contribution in [0.25, 0.3) is 0 Å². The summed E-state index contributed by atoms with van der Waals surface area (Å²) in [5.41, 5.74) is 0.816. The van der Waals surface area contributed by atoms with Crippen LogP contribution in [0, 0.1) is 0 Å². The van der Waals surface area contributed by atoms with Crippen molar-refractivity contribution in [1.82, 2.24) is 0 Å². The number of primary sulfonamides is 1. The second kappa shape index (κ2) is 5.94. The summed E-state index contributed by atoms with van der Waals surface area (Å²) in [4.78, 5) is 4.54. The SMILES string of the molecule is CCCC1CN=C(Nc2ccc(S(N)(=O)=O)cc2)S1. The summed E-state index contributed by atoms with van der Waals surface area (Å²) < 4.78 is 22.3. The Labute approximate surface area is 117 Å². The van der Waals surface area contributed by atoms with E-state index in [1.807, 2.05) is 0 Å². The van der Waals surface area contributed by atoms with E-state index in [-0.39, 0.29) is 4.90 Å². The molecule has 5 nitrogen and oxygen atoms in total. The summed E-state index contributed by atoms with van der Waals surface area (Å²) in [6, 6.07) is 6.36. The first kappa shape index (κ1) is 14.4. The fourth-order valence-electron chi connectivity index (χ4n) is 1.81. The molecule has 1 heterocycles. The van der Waals surface area contributed by atoms with Crippen molar-refractivity contribution in [3.8, 4) is 0 Å². The number of aliphatic imine (C=N–C) groups is 1. The number of thioether (sulfide) groups is 1. The minimum atomic E-state index is -3.63. The number of nitrogens with two attached hydrogens (primary N) is 1. The number of rotatable bonds is 4. The average Bonchev–Trinajstić information content (AvgIpc) is 2.77. The number of nitrogens with one attached hydrogen (secondary N) is 1. The largest absolute Gasteiger partial charge is 0.335 e. The van der Waals surface area contributed by atoms with Crippen molar-refractivity contribution < 1.29 is 8.42 Å². The molecule has 0 aliphatic carbocycles. The van der Waals surface area contributed by atoms with Gasteiger partial charge in [-0.15, -0.1) is 0 Å². The summed E-state index contributed by atoms with van der Waals surface area (Å²) in [6.07, 6.45) is 2.31. The lowest BCUT2D eigenvalue weighted by atomic mass is 10.2. The van der Waals surface area contributed by atoms with Gasteiger partial charge >= 0.3 is 0 Å². The maximum atomic E-state index is 11.1. The standard InChI is InChI=1S/C12H17N3O2S2/c1-2-3-10-8-14-12(18-10)15-9-4-6-11(7-5-9)19(13,16)17/h4-7,10H,2-3,8H2,1H3,(H,14,15)(H2,13,16,17). The second-order valence-corrected chi connectivity index (χ2v) is 7.22. The minimum Gasteiger partial charge on any atom is -0.335 e. The van der Waals surface area contributed by atoms with Gasteiger partial charge in [-0.2, -0.15) is 0 Å². The molecule has 0 saturated carbocycles. The summed E-state index contributed by atoms with van der Waals surface area (Å²) >= 11 is 1.74. The molecule has 3 N–H and O–H groups in total. The van der Waals surface area contributed by atoms with E-state index in [4.69, 9.17) is 5.14 Å². The summed E-state index contributed by atoms with van der Waals surface area (Å²) in [5, 5.41) is 9.67. The maximum Gasteiger partial charge on any atom is 0.238 e. The molecule has 0 bridgehead atoms. The van der Waals surface area contributed by atoms with Crippen molar-refractivity contribution in [2.24, 2.45) is 10.1 Å². The van der Waals surface area contributed by atoms with Gasteiger partial charge in [-0.05, 0) is 30.7 Å². The Morgan fingerprint density at radius 2 is 2.11 bits per heavy atom. The van der Waals surface area contributed by atoms with E-state index in [2.05, 4.69) is 17.2 Å². The zero-order valence-electron chi connectivity index (χ0n) is 10.7. The molecule has 104 valence electrons. The highest BCUT2D eigenvalue weighted by Gasteiger charge is 2.18. The van der Waals surface area contributed by atoms with Gasteiger partial charge in [0, 0.05) is 10.9 Å². The van der Waals surface area contributed by atoms with E-state index in [9.17, 15) is 8.42 Å². The minimum absolute atomic E-state index is 0.114. The summed E-state index contributed by atoms with van der Waals surface area (Å²) in [5.74, 6) is 0. The van der Waals surface area contributed by atoms with E-state index >= 15 is 0 Å². The van der Waals surface area contributed by atoms with E-state index in [0.717, 1.165) is 30.2 Å². The molecule has 1 unspecified atom stereocenters. The fraction of sp³-hybridized carbons (Fsp3) is 0.417. The van der Waals surface area contributed by atoms with Gasteiger partial charge in [-0.1, -0.05) is 25.1 Å². The molecule has 1 aromatic rings. The first-order chi connectivity index (χ1) is 8.99. The number of amidine groups is 1. The Hall–Kier alpha value is -1.05. The van der Waals surface area contributed by atoms with Crippen LogP contribution in [0.15, 0.2) is 34.2 Å². The van der Waals surface area contributed by atoms with Crippen molar-refractivity contribution in [3.05, 3.63) is 24.3 Å². The van der Waals surface area contributed by atoms with Gasteiger partial charge in [0.2, 0.25) is 10.0 Å². The zero-order chi connectivity index (χ0) is 13.9. The van der Waals surface area contributed by atoms with Crippen molar-refractivity contribution in [2.45, 2.75) is 29.9 Å². The van der Waals surface area contributed by atoms with Crippen molar-refractivity contribution in [1.29, 1.82) is 0 Å². The second-order valence-electron chi connectivity index (χ2n) is 4.37. The van der Waals surface area contributed by atoms with Crippen LogP contribution < -0.4 is 10.5 Å². The molecule has 0 saturated heterocycles. The third kappa shape index (κ3) is 3.95. The van der Waals surface area contributed by atoms with Crippen LogP contribution in [0.4, 0.5) is 5.69 Å². The van der Waals surface area contributed by atoms with Gasteiger partial charge in [0.05, 0.1) is 11.4 Å². The molecule has 0 fully saturated rings. The number of hydrogen-bond donors (Lipinski definition) is 2. The summed E-state index contributed by atoms with van der Waals surface area (Å²) in [6.45, 7) is 3.01. The topological polar surface area (TPSA) is 84.5 Å². The first-order valence-electron chi connectivity index (χ1n) is 6.10. The molecular weight excluding hydrogens is 282 g/mol. The van der Waals surface area contributed by atoms with Gasteiger partial charge in [0.15, 0.2) is 5.17 Å². The maximum absolute atomic E-state index is 11.1. The molecule has 1 aromatic carbocycles. The van der Waals surface area contributed by atoms with Crippen LogP contribution in [-0.4, -0.2) is 25.4 Å². The normalized spacial score (nSPS) is 19.3. The van der Waals surface area contributed by atoms with Crippen LogP contribution in [0.3, 0.4) is 0 Å². The predicted molar refractivity (Wildman–Crippen MR) is 80.0 cm³/mol. The third-order valence-corrected chi connectivity index (χ3v) is 4.86. The Balaban J connectivity index is 1.98. The molecular formula is C12H17N3O2S2. The third-order valence-electron chi connectivity index (χ3n) is 2.76. The van der Waals surface area contributed by atoms with Crippen LogP contribution in [-0.2, 0) is 10.0 Å². The molecule has 7 heteroatoms. The van der Waals surface area contributed by atoms with Crippen LogP contribution in [0.1, 0.15) is 19.8 Å². The van der Waals surface area contributed by atoms with Crippen LogP contribution in [0.5, 0.6) is 0 Å². The van der Waals surface area contributed by atoms with Gasteiger partial charge in [0.1, 0.15) is 0 Å². The number of nitrogens with zero attached hydrogens (tertiary/aromatic N) is 1. The zero-order valence-corrected chi connectivity index (χ0v) is 12.3. The van der Waals surface area contributed by atoms with E-state index in [0.29, 0.717) is 5.25 Å². The average molecular weight is 299 g/mol. The molecule has 1 atom stereocenters. The molecule has 0 aromatic heterocycles. The van der Waals surface area contributed by atoms with Gasteiger partial charge < -0.3 is 5.32 Å². The van der Waals surface area contributed by atoms with E-state index < -0.39 is 10.0 Å². The van der Waals surface area contributed by atoms with E-state index in [1.54, 1.807) is 23.9 Å². The number of anilines is 1. The van der Waals surface area contributed by atoms with Crippen molar-refractivity contribution in [2.75, 3.05) is 11.9 Å². The van der Waals surface area contributed by atoms with Crippen LogP contribution in [0.2, 0.25) is 0 Å². The fourth-order valence-corrected chi connectivity index (χ4v) is 3.47. The van der Waals surface area contributed by atoms with Gasteiger partial charge in [-0.25, -0.2) is 13.6 Å². The summed E-state index contributed by atoms with van der Waals surface area (Å²) in [7, 11) is -3.63. The number of sulfonamides is 1. The van der Waals surface area contributed by atoms with Gasteiger partial charge in [0.25, 0.3) is 0 Å². The van der Waals surface area contributed by atoms with Gasteiger partial charge in [-0.3, -0.25) is 4.99 Å². The molecule has 0 amide bonds. The number of hydrogen-bond acceptors (Lipinski definition) is 5. The molecule has 1 aliphatic heterocycles. The predicted octanol–water partition coefficient (Wildman–Crippen LogP) is 2.02. The van der Waals surface area contributed by atoms with Crippen molar-refractivity contribution in [3.63, 3.8) is 0 Å². The first-order valence-corrected chi connectivity index (χ1v) is 8.52. The quantitative estimate of drug-likeness (QED) is 0.890. The number of benzene rings is 1. The van der Waals surface area contributed by atoms with Crippen LogP contribution >= 0.6 is 11.8 Å². The molecule has 19 heavy (non-hydrogen) atoms. The smallest absolute Gasteiger partial charge is 0.238 e. The molecule has 1 aliphatic rings. The lowest BCUT2D eigenvalue weighted by molar-refractivity contribution is 0.598. The van der Waals surface area contributed by atoms with Crippen molar-refractivity contribution >= 4 is 32.6 Å². The Bertz CT molecular complexity index is 567. The van der Waals surface area contributed by atoms with E-state index in [1.165, 1.54) is 12.1 Å². The lowest BCUT2D eigenvalue weighted by Crippen LogP contribution is -2.12. The highest BCUT2D eigenvalue weighted by Crippen LogP contribution is 2.26. The molecule has 2 rings (SSSR count).